The summed E-state index contributed by atoms with van der Waals surface area (Å²) in [6.45, 7) is 4.29. The smallest absolute Gasteiger partial charge is 0.0639 e. The van der Waals surface area contributed by atoms with Gasteiger partial charge in [-0.15, -0.1) is 0 Å². The molecule has 0 aliphatic rings. The minimum absolute atomic E-state index is 0.156. The Morgan fingerprint density at radius 2 is 2.00 bits per heavy atom. The molecule has 1 heteroatoms. The minimum atomic E-state index is 0.156. The number of rotatable bonds is 4. The van der Waals surface area contributed by atoms with Gasteiger partial charge in [-0.05, 0) is 18.9 Å². The summed E-state index contributed by atoms with van der Waals surface area (Å²) in [6.07, 6.45) is 3.22. The van der Waals surface area contributed by atoms with Crippen LogP contribution in [0.25, 0.3) is 0 Å². The molecule has 0 radical (unpaired) electrons. The molecule has 0 fully saturated rings. The number of allylic oxidation sites excluding steroid dienone is 1. The molecular weight excluding hydrogens is 172 g/mol. The zero-order chi connectivity index (χ0) is 10.4. The SMILES string of the molecule is CCC(/C=C(\C)CO)c1ccccc1. The average Bonchev–Trinajstić information content (AvgIpc) is 2.26. The lowest BCUT2D eigenvalue weighted by Crippen LogP contribution is -1.95. The van der Waals surface area contributed by atoms with Crippen molar-refractivity contribution < 1.29 is 5.11 Å². The highest BCUT2D eigenvalue weighted by molar-refractivity contribution is 5.25. The van der Waals surface area contributed by atoms with E-state index in [0.717, 1.165) is 12.0 Å². The zero-order valence-electron chi connectivity index (χ0n) is 8.90. The fraction of sp³-hybridized carbons (Fsp3) is 0.385. The van der Waals surface area contributed by atoms with Crippen LogP contribution in [0.5, 0.6) is 0 Å². The predicted molar refractivity (Wildman–Crippen MR) is 60.3 cm³/mol. The first-order valence-electron chi connectivity index (χ1n) is 5.11. The van der Waals surface area contributed by atoms with Gasteiger partial charge >= 0.3 is 0 Å². The van der Waals surface area contributed by atoms with Gasteiger partial charge < -0.3 is 5.11 Å². The summed E-state index contributed by atoms with van der Waals surface area (Å²) >= 11 is 0. The number of aliphatic hydroxyl groups is 1. The number of hydrogen-bond donors (Lipinski definition) is 1. The van der Waals surface area contributed by atoms with Crippen molar-refractivity contribution in [3.63, 3.8) is 0 Å². The number of hydrogen-bond acceptors (Lipinski definition) is 1. The molecule has 0 amide bonds. The van der Waals surface area contributed by atoms with E-state index in [1.807, 2.05) is 13.0 Å². The molecule has 0 aliphatic carbocycles. The Morgan fingerprint density at radius 3 is 2.50 bits per heavy atom. The summed E-state index contributed by atoms with van der Waals surface area (Å²) in [5, 5.41) is 8.96. The summed E-state index contributed by atoms with van der Waals surface area (Å²) in [6, 6.07) is 10.4. The zero-order valence-corrected chi connectivity index (χ0v) is 8.90. The minimum Gasteiger partial charge on any atom is -0.392 e. The third-order valence-corrected chi connectivity index (χ3v) is 2.40. The van der Waals surface area contributed by atoms with Gasteiger partial charge in [0.05, 0.1) is 6.61 Å². The van der Waals surface area contributed by atoms with Gasteiger partial charge in [-0.3, -0.25) is 0 Å². The van der Waals surface area contributed by atoms with Crippen LogP contribution < -0.4 is 0 Å². The molecule has 0 spiro atoms. The van der Waals surface area contributed by atoms with E-state index in [1.165, 1.54) is 5.56 Å². The largest absolute Gasteiger partial charge is 0.392 e. The maximum Gasteiger partial charge on any atom is 0.0639 e. The molecule has 0 aliphatic heterocycles. The second-order valence-corrected chi connectivity index (χ2v) is 3.60. The van der Waals surface area contributed by atoms with Crippen molar-refractivity contribution in [3.8, 4) is 0 Å². The first-order chi connectivity index (χ1) is 6.77. The van der Waals surface area contributed by atoms with Gasteiger partial charge in [-0.1, -0.05) is 48.9 Å². The van der Waals surface area contributed by atoms with E-state index in [0.29, 0.717) is 5.92 Å². The van der Waals surface area contributed by atoms with Gasteiger partial charge in [0, 0.05) is 5.92 Å². The highest BCUT2D eigenvalue weighted by atomic mass is 16.3. The molecule has 1 aromatic carbocycles. The van der Waals surface area contributed by atoms with Gasteiger partial charge in [0.1, 0.15) is 0 Å². The van der Waals surface area contributed by atoms with Gasteiger partial charge in [0.15, 0.2) is 0 Å². The Labute approximate surface area is 86.1 Å². The van der Waals surface area contributed by atoms with E-state index in [-0.39, 0.29) is 6.61 Å². The Kier molecular flexibility index (Phi) is 4.41. The normalized spacial score (nSPS) is 14.1. The molecule has 0 bridgehead atoms. The fourth-order valence-electron chi connectivity index (χ4n) is 1.55. The van der Waals surface area contributed by atoms with E-state index in [9.17, 15) is 0 Å². The monoisotopic (exact) mass is 190 g/mol. The van der Waals surface area contributed by atoms with Crippen LogP contribution >= 0.6 is 0 Å². The van der Waals surface area contributed by atoms with Crippen LogP contribution in [0.1, 0.15) is 31.7 Å². The summed E-state index contributed by atoms with van der Waals surface area (Å²) in [7, 11) is 0. The summed E-state index contributed by atoms with van der Waals surface area (Å²) in [4.78, 5) is 0. The Hall–Kier alpha value is -1.08. The molecule has 1 N–H and O–H groups in total. The highest BCUT2D eigenvalue weighted by Crippen LogP contribution is 2.21. The third kappa shape index (κ3) is 3.00. The van der Waals surface area contributed by atoms with Crippen molar-refractivity contribution in [1.82, 2.24) is 0 Å². The van der Waals surface area contributed by atoms with E-state index < -0.39 is 0 Å². The molecule has 1 nitrogen and oxygen atoms in total. The lowest BCUT2D eigenvalue weighted by molar-refractivity contribution is 0.330. The van der Waals surface area contributed by atoms with E-state index in [4.69, 9.17) is 5.11 Å². The van der Waals surface area contributed by atoms with Crippen LogP contribution in [0.15, 0.2) is 42.0 Å². The van der Waals surface area contributed by atoms with Gasteiger partial charge in [0.2, 0.25) is 0 Å². The van der Waals surface area contributed by atoms with E-state index >= 15 is 0 Å². The number of benzene rings is 1. The summed E-state index contributed by atoms with van der Waals surface area (Å²) < 4.78 is 0. The van der Waals surface area contributed by atoms with Crippen molar-refractivity contribution in [1.29, 1.82) is 0 Å². The summed E-state index contributed by atoms with van der Waals surface area (Å²) in [5.74, 6) is 0.434. The first kappa shape index (κ1) is 11.0. The summed E-state index contributed by atoms with van der Waals surface area (Å²) in [5.41, 5.74) is 2.36. The standard InChI is InChI=1S/C13H18O/c1-3-12(9-11(2)10-14)13-7-5-4-6-8-13/h4-9,12,14H,3,10H2,1-2H3/b11-9+. The topological polar surface area (TPSA) is 20.2 Å². The maximum absolute atomic E-state index is 8.96. The van der Waals surface area contributed by atoms with Crippen molar-refractivity contribution >= 4 is 0 Å². The molecule has 76 valence electrons. The first-order valence-corrected chi connectivity index (χ1v) is 5.11. The van der Waals surface area contributed by atoms with E-state index in [2.05, 4.69) is 37.3 Å². The average molecular weight is 190 g/mol. The molecule has 0 saturated carbocycles. The van der Waals surface area contributed by atoms with Crippen LogP contribution in [0, 0.1) is 0 Å². The Bertz CT molecular complexity index is 287. The van der Waals surface area contributed by atoms with Crippen LogP contribution in [0.3, 0.4) is 0 Å². The van der Waals surface area contributed by atoms with Crippen molar-refractivity contribution in [2.24, 2.45) is 0 Å². The number of aliphatic hydroxyl groups excluding tert-OH is 1. The van der Waals surface area contributed by atoms with Crippen molar-refractivity contribution in [2.45, 2.75) is 26.2 Å². The molecule has 14 heavy (non-hydrogen) atoms. The maximum atomic E-state index is 8.96. The molecule has 1 unspecified atom stereocenters. The van der Waals surface area contributed by atoms with Gasteiger partial charge in [-0.2, -0.15) is 0 Å². The second kappa shape index (κ2) is 5.61. The lowest BCUT2D eigenvalue weighted by atomic mass is 9.94. The molecule has 0 aromatic heterocycles. The van der Waals surface area contributed by atoms with Crippen LogP contribution in [0.4, 0.5) is 0 Å². The van der Waals surface area contributed by atoms with Crippen LogP contribution in [-0.2, 0) is 0 Å². The van der Waals surface area contributed by atoms with Crippen molar-refractivity contribution in [2.75, 3.05) is 6.61 Å². The molecule has 0 heterocycles. The Balaban J connectivity index is 2.83. The van der Waals surface area contributed by atoms with Gasteiger partial charge in [0.25, 0.3) is 0 Å². The highest BCUT2D eigenvalue weighted by Gasteiger charge is 2.05. The van der Waals surface area contributed by atoms with Crippen LogP contribution in [-0.4, -0.2) is 11.7 Å². The van der Waals surface area contributed by atoms with Crippen LogP contribution in [0.2, 0.25) is 0 Å². The molecule has 0 saturated heterocycles. The van der Waals surface area contributed by atoms with Gasteiger partial charge in [-0.25, -0.2) is 0 Å². The Morgan fingerprint density at radius 1 is 1.36 bits per heavy atom. The molecule has 1 atom stereocenters. The molecule has 1 aromatic rings. The molecular formula is C13H18O. The quantitative estimate of drug-likeness (QED) is 0.723. The predicted octanol–water partition coefficient (Wildman–Crippen LogP) is 3.12. The second-order valence-electron chi connectivity index (χ2n) is 3.60. The third-order valence-electron chi connectivity index (χ3n) is 2.40. The fourth-order valence-corrected chi connectivity index (χ4v) is 1.55. The van der Waals surface area contributed by atoms with Crippen molar-refractivity contribution in [3.05, 3.63) is 47.5 Å². The lowest BCUT2D eigenvalue weighted by Gasteiger charge is -2.11. The van der Waals surface area contributed by atoms with E-state index in [1.54, 1.807) is 0 Å². The molecule has 1 rings (SSSR count).